The number of nitrogens with zero attached hydrogens (tertiary/aromatic N) is 2. The summed E-state index contributed by atoms with van der Waals surface area (Å²) in [5.41, 5.74) is 4.23. The van der Waals surface area contributed by atoms with Crippen LogP contribution in [0.1, 0.15) is 95.2 Å². The standard InChI is InChI=1S/C13H17NO3.C10H12BrNO.CH4/c1-3-17-13(16)12-9-6-4-5-7-11(15)10(9)8-14(12)2;1-12-6-8-7(10(12)11)4-2-3-5-9(8)13;/h8H,3-7H2,1-2H3;6H,2-5H2,1H3;1H4. The topological polar surface area (TPSA) is 70.3 Å². The third kappa shape index (κ3) is 5.37. The van der Waals surface area contributed by atoms with Gasteiger partial charge in [-0.15, -0.1) is 0 Å². The highest BCUT2D eigenvalue weighted by Gasteiger charge is 2.26. The zero-order chi connectivity index (χ0) is 21.8. The molecule has 170 valence electrons. The second-order valence-corrected chi connectivity index (χ2v) is 8.64. The minimum absolute atomic E-state index is 0. The van der Waals surface area contributed by atoms with Gasteiger partial charge in [0.1, 0.15) is 5.69 Å². The molecule has 0 bridgehead atoms. The lowest BCUT2D eigenvalue weighted by molar-refractivity contribution is 0.0513. The van der Waals surface area contributed by atoms with Crippen LogP contribution in [0.5, 0.6) is 0 Å². The molecule has 2 aromatic rings. The second-order valence-electron chi connectivity index (χ2n) is 7.88. The van der Waals surface area contributed by atoms with Gasteiger partial charge in [-0.05, 0) is 72.5 Å². The quantitative estimate of drug-likeness (QED) is 0.413. The van der Waals surface area contributed by atoms with Gasteiger partial charge in [0.05, 0.1) is 11.2 Å². The number of aromatic nitrogens is 2. The highest BCUT2D eigenvalue weighted by atomic mass is 79.9. The Hall–Kier alpha value is -2.15. The maximum atomic E-state index is 11.9. The van der Waals surface area contributed by atoms with E-state index in [1.54, 1.807) is 24.7 Å². The fourth-order valence-electron chi connectivity index (χ4n) is 4.21. The Labute approximate surface area is 193 Å². The molecule has 2 aliphatic carbocycles. The molecule has 0 fully saturated rings. The molecular formula is C24H33BrN2O4. The smallest absolute Gasteiger partial charge is 0.355 e. The highest BCUT2D eigenvalue weighted by Crippen LogP contribution is 2.28. The van der Waals surface area contributed by atoms with E-state index in [4.69, 9.17) is 4.74 Å². The van der Waals surface area contributed by atoms with Crippen LogP contribution in [0.15, 0.2) is 17.0 Å². The maximum absolute atomic E-state index is 11.9. The van der Waals surface area contributed by atoms with Gasteiger partial charge in [-0.3, -0.25) is 9.59 Å². The number of fused-ring (bicyclic) bond motifs is 2. The Morgan fingerprint density at radius 1 is 0.903 bits per heavy atom. The summed E-state index contributed by atoms with van der Waals surface area (Å²) < 4.78 is 9.80. The number of esters is 1. The molecule has 7 heteroatoms. The van der Waals surface area contributed by atoms with E-state index in [-0.39, 0.29) is 19.2 Å². The lowest BCUT2D eigenvalue weighted by Crippen LogP contribution is -2.12. The summed E-state index contributed by atoms with van der Waals surface area (Å²) in [5.74, 6) is 0.114. The number of ether oxygens (including phenoxy) is 1. The van der Waals surface area contributed by atoms with Crippen molar-refractivity contribution < 1.29 is 19.1 Å². The van der Waals surface area contributed by atoms with Crippen molar-refractivity contribution in [2.45, 2.75) is 65.7 Å². The molecule has 0 unspecified atom stereocenters. The number of carbonyl (C=O) groups is 3. The summed E-state index contributed by atoms with van der Waals surface area (Å²) in [4.78, 5) is 35.4. The first kappa shape index (κ1) is 25.1. The summed E-state index contributed by atoms with van der Waals surface area (Å²) >= 11 is 3.51. The van der Waals surface area contributed by atoms with Gasteiger partial charge in [-0.25, -0.2) is 4.79 Å². The molecule has 4 rings (SSSR count). The summed E-state index contributed by atoms with van der Waals surface area (Å²) in [5, 5.41) is 0. The number of rotatable bonds is 2. The molecule has 0 spiro atoms. The predicted octanol–water partition coefficient (Wildman–Crippen LogP) is 5.44. The average molecular weight is 493 g/mol. The van der Waals surface area contributed by atoms with Gasteiger partial charge in [0.15, 0.2) is 11.6 Å². The van der Waals surface area contributed by atoms with Crippen molar-refractivity contribution in [3.05, 3.63) is 44.9 Å². The third-order valence-corrected chi connectivity index (χ3v) is 6.76. The van der Waals surface area contributed by atoms with Gasteiger partial charge in [-0.1, -0.05) is 7.43 Å². The number of hydrogen-bond donors (Lipinski definition) is 0. The Bertz CT molecular complexity index is 971. The predicted molar refractivity (Wildman–Crippen MR) is 125 cm³/mol. The van der Waals surface area contributed by atoms with E-state index in [9.17, 15) is 14.4 Å². The van der Waals surface area contributed by atoms with Crippen LogP contribution in [-0.2, 0) is 31.7 Å². The Balaban J connectivity index is 0.000000220. The van der Waals surface area contributed by atoms with Gasteiger partial charge >= 0.3 is 5.97 Å². The van der Waals surface area contributed by atoms with Crippen molar-refractivity contribution in [2.75, 3.05) is 6.61 Å². The van der Waals surface area contributed by atoms with Crippen molar-refractivity contribution in [1.82, 2.24) is 9.13 Å². The maximum Gasteiger partial charge on any atom is 0.355 e. The molecule has 0 saturated heterocycles. The average Bonchev–Trinajstić information content (AvgIpc) is 3.03. The third-order valence-electron chi connectivity index (χ3n) is 5.72. The first-order valence-electron chi connectivity index (χ1n) is 10.6. The molecule has 0 atom stereocenters. The SMILES string of the molecule is C.CCOC(=O)c1c2c(cn1C)C(=O)CCCC2.Cn1cc2c(c1Br)CCCCC2=O. The Kier molecular flexibility index (Phi) is 8.86. The molecule has 31 heavy (non-hydrogen) atoms. The van der Waals surface area contributed by atoms with Crippen LogP contribution in [0.25, 0.3) is 0 Å². The van der Waals surface area contributed by atoms with Crippen molar-refractivity contribution in [1.29, 1.82) is 0 Å². The zero-order valence-corrected chi connectivity index (χ0v) is 19.5. The molecule has 6 nitrogen and oxygen atoms in total. The van der Waals surface area contributed by atoms with Crippen molar-refractivity contribution >= 4 is 33.5 Å². The molecule has 0 aromatic carbocycles. The summed E-state index contributed by atoms with van der Waals surface area (Å²) in [7, 11) is 3.75. The fraction of sp³-hybridized carbons (Fsp3) is 0.542. The van der Waals surface area contributed by atoms with Crippen LogP contribution in [0.2, 0.25) is 0 Å². The number of Topliss-reactive ketones (excluding diaryl/α,β-unsaturated/α-hetero) is 2. The van der Waals surface area contributed by atoms with E-state index in [0.29, 0.717) is 36.5 Å². The molecule has 0 radical (unpaired) electrons. The van der Waals surface area contributed by atoms with Crippen molar-refractivity contribution in [3.63, 3.8) is 0 Å². The van der Waals surface area contributed by atoms with E-state index in [0.717, 1.165) is 54.3 Å². The molecule has 2 aliphatic rings. The lowest BCUT2D eigenvalue weighted by Gasteiger charge is -2.06. The van der Waals surface area contributed by atoms with E-state index in [2.05, 4.69) is 15.9 Å². The summed E-state index contributed by atoms with van der Waals surface area (Å²) in [6, 6.07) is 0. The molecule has 0 N–H and O–H groups in total. The van der Waals surface area contributed by atoms with E-state index in [1.807, 2.05) is 17.8 Å². The van der Waals surface area contributed by atoms with Gasteiger partial charge in [-0.2, -0.15) is 0 Å². The number of aryl methyl sites for hydroxylation is 2. The normalized spacial score (nSPS) is 15.5. The van der Waals surface area contributed by atoms with E-state index >= 15 is 0 Å². The molecule has 0 saturated carbocycles. The second kappa shape index (κ2) is 10.9. The van der Waals surface area contributed by atoms with Gasteiger partial charge in [0.2, 0.25) is 0 Å². The number of halogens is 1. The highest BCUT2D eigenvalue weighted by molar-refractivity contribution is 9.10. The minimum Gasteiger partial charge on any atom is -0.461 e. The first-order valence-corrected chi connectivity index (χ1v) is 11.4. The number of hydrogen-bond acceptors (Lipinski definition) is 4. The van der Waals surface area contributed by atoms with Crippen LogP contribution < -0.4 is 0 Å². The van der Waals surface area contributed by atoms with Gasteiger partial charge in [0, 0.05) is 50.5 Å². The number of carbonyl (C=O) groups excluding carboxylic acids is 3. The van der Waals surface area contributed by atoms with Crippen LogP contribution in [0.4, 0.5) is 0 Å². The van der Waals surface area contributed by atoms with Crippen LogP contribution in [0.3, 0.4) is 0 Å². The fourth-order valence-corrected chi connectivity index (χ4v) is 4.73. The summed E-state index contributed by atoms with van der Waals surface area (Å²) in [6.07, 6.45) is 10.8. The molecule has 0 amide bonds. The van der Waals surface area contributed by atoms with Crippen LogP contribution >= 0.6 is 15.9 Å². The summed E-state index contributed by atoms with van der Waals surface area (Å²) in [6.45, 7) is 2.14. The van der Waals surface area contributed by atoms with Crippen molar-refractivity contribution in [3.8, 4) is 0 Å². The molecular weight excluding hydrogens is 460 g/mol. The largest absolute Gasteiger partial charge is 0.461 e. The molecule has 0 aliphatic heterocycles. The van der Waals surface area contributed by atoms with E-state index < -0.39 is 0 Å². The molecule has 2 heterocycles. The van der Waals surface area contributed by atoms with Crippen molar-refractivity contribution in [2.24, 2.45) is 14.1 Å². The van der Waals surface area contributed by atoms with E-state index in [1.165, 1.54) is 5.56 Å². The first-order chi connectivity index (χ1) is 14.3. The van der Waals surface area contributed by atoms with Gasteiger partial charge in [0.25, 0.3) is 0 Å². The minimum atomic E-state index is -0.328. The van der Waals surface area contributed by atoms with Crippen LogP contribution in [0, 0.1) is 0 Å². The molecule has 2 aromatic heterocycles. The zero-order valence-electron chi connectivity index (χ0n) is 17.9. The Morgan fingerprint density at radius 3 is 1.97 bits per heavy atom. The lowest BCUT2D eigenvalue weighted by atomic mass is 10.1. The van der Waals surface area contributed by atoms with Crippen LogP contribution in [-0.4, -0.2) is 33.3 Å². The monoisotopic (exact) mass is 492 g/mol. The Morgan fingerprint density at radius 2 is 1.39 bits per heavy atom. The van der Waals surface area contributed by atoms with Gasteiger partial charge < -0.3 is 13.9 Å². The number of ketones is 2.